The second-order valence-corrected chi connectivity index (χ2v) is 34.0. The highest BCUT2D eigenvalue weighted by atomic mass is 31.0. The Labute approximate surface area is 925 Å². The van der Waals surface area contributed by atoms with Gasteiger partial charge in [0.15, 0.2) is 0 Å². The van der Waals surface area contributed by atoms with Crippen LogP contribution in [0.15, 0.2) is 303 Å². The van der Waals surface area contributed by atoms with Gasteiger partial charge in [-0.05, 0) is 227 Å². The lowest BCUT2D eigenvalue weighted by molar-refractivity contribution is 0.972. The summed E-state index contributed by atoms with van der Waals surface area (Å²) in [6.07, 6.45) is 11.3. The number of rotatable bonds is 0. The molecule has 0 N–H and O–H groups in total. The van der Waals surface area contributed by atoms with Crippen molar-refractivity contribution >= 4 is 195 Å². The Morgan fingerprint density at radius 3 is 0.534 bits per heavy atom. The fraction of sp³-hybridized carbons (Fsp3) is 0.302. The summed E-state index contributed by atoms with van der Waals surface area (Å²) < 4.78 is 0. The summed E-state index contributed by atoms with van der Waals surface area (Å²) in [5.41, 5.74) is 55.8. The fourth-order valence-electron chi connectivity index (χ4n) is 21.2. The highest BCUT2D eigenvalue weighted by Crippen LogP contribution is 2.53. The van der Waals surface area contributed by atoms with Gasteiger partial charge in [0.05, 0.1) is 5.69 Å². The molecule has 0 spiro atoms. The van der Waals surface area contributed by atoms with Crippen LogP contribution in [0.3, 0.4) is 0 Å². The molecule has 148 heavy (non-hydrogen) atoms. The Hall–Kier alpha value is -9.20. The molecule has 25 rings (SSSR count). The molecule has 10 atom stereocenters. The number of hydrogen-bond donors (Lipinski definition) is 0. The van der Waals surface area contributed by atoms with E-state index in [9.17, 15) is 0 Å². The van der Waals surface area contributed by atoms with Crippen molar-refractivity contribution in [3.8, 4) is 0 Å². The molecule has 15 aromatic rings. The van der Waals surface area contributed by atoms with E-state index in [4.69, 9.17) is 0 Å². The first-order valence-electron chi connectivity index (χ1n) is 48.2. The fourth-order valence-corrected chi connectivity index (χ4v) is 21.2. The van der Waals surface area contributed by atoms with Gasteiger partial charge in [0, 0.05) is 223 Å². The van der Waals surface area contributed by atoms with Crippen LogP contribution in [0.5, 0.6) is 0 Å². The summed E-state index contributed by atoms with van der Waals surface area (Å²) in [5, 5.41) is 0. The maximum absolute atomic E-state index is 2.45. The van der Waals surface area contributed by atoms with Crippen LogP contribution in [0.1, 0.15) is 189 Å². The average Bonchev–Trinajstić information content (AvgIpc) is 0.749. The monoisotopic (exact) mass is 2170 g/mol. The van der Waals surface area contributed by atoms with Gasteiger partial charge in [-0.15, -0.1) is 92.4 Å². The van der Waals surface area contributed by atoms with Gasteiger partial charge < -0.3 is 44.1 Å². The van der Waals surface area contributed by atoms with Crippen LogP contribution in [0, 0.1) is 0 Å². The van der Waals surface area contributed by atoms with E-state index in [2.05, 4.69) is 503 Å². The molecular formula is C129H185N9P10. The summed E-state index contributed by atoms with van der Waals surface area (Å²) >= 11 is 0. The molecule has 9 heterocycles. The van der Waals surface area contributed by atoms with E-state index in [-0.39, 0.29) is 66.8 Å². The highest BCUT2D eigenvalue weighted by molar-refractivity contribution is 7.16. The van der Waals surface area contributed by atoms with Crippen molar-refractivity contribution in [3.63, 3.8) is 0 Å². The van der Waals surface area contributed by atoms with Gasteiger partial charge in [-0.3, -0.25) is 0 Å². The van der Waals surface area contributed by atoms with Crippen molar-refractivity contribution in [1.29, 1.82) is 0 Å². The second-order valence-electron chi connectivity index (χ2n) is 34.0. The maximum atomic E-state index is 2.45. The third-order valence-electron chi connectivity index (χ3n) is 27.4. The normalized spacial score (nSPS) is 12.1. The molecule has 796 valence electrons. The van der Waals surface area contributed by atoms with Gasteiger partial charge >= 0.3 is 0 Å². The predicted octanol–water partition coefficient (Wildman–Crippen LogP) is 35.6. The zero-order valence-corrected chi connectivity index (χ0v) is 97.0. The molecule has 0 aromatic heterocycles. The molecule has 10 aliphatic rings. The van der Waals surface area contributed by atoms with E-state index in [0.717, 1.165) is 70.6 Å². The van der Waals surface area contributed by atoms with Crippen LogP contribution in [-0.4, -0.2) is 130 Å². The van der Waals surface area contributed by atoms with Crippen molar-refractivity contribution in [2.75, 3.05) is 174 Å². The van der Waals surface area contributed by atoms with Crippen molar-refractivity contribution in [2.45, 2.75) is 137 Å². The summed E-state index contributed by atoms with van der Waals surface area (Å²) in [6.45, 7) is 19.2. The number of benzene rings is 15. The SMILES string of the molecule is C.C.C.C.C.C.C.C.C.CN1c2ccccc2Cc2c1ccc1c2Cc2ccccc2N1C.CN1c2ccccc2Cc2c1ccc1c2N(C)c2ccccc2C1.CN1c2ccccc2Cc2cc3c(cc21)Cc1ccccc1C3.CN1c2ccccc2Cc2cc3c(cc21)Cc1ccccc1N3C.CN1c2ccccc2Cc2cc3c(cc21)N(C)c1ccccc1C3.CP.CP.CP.CP.CP.CP.CP.CP.CP.CP. The van der Waals surface area contributed by atoms with Crippen LogP contribution in [-0.2, 0) is 70.6 Å². The van der Waals surface area contributed by atoms with Gasteiger partial charge in [0.1, 0.15) is 0 Å². The number of hydrogen-bond acceptors (Lipinski definition) is 9. The van der Waals surface area contributed by atoms with Crippen molar-refractivity contribution < 1.29 is 0 Å². The summed E-state index contributed by atoms with van der Waals surface area (Å²) in [5.74, 6) is 0. The largest absolute Gasteiger partial charge is 0.344 e. The molecule has 9 aliphatic heterocycles. The van der Waals surface area contributed by atoms with E-state index in [1.54, 1.807) is 0 Å². The van der Waals surface area contributed by atoms with Gasteiger partial charge in [0.25, 0.3) is 0 Å². The zero-order valence-electron chi connectivity index (χ0n) is 85.4. The van der Waals surface area contributed by atoms with Crippen molar-refractivity contribution in [3.05, 3.63) is 426 Å². The Balaban J connectivity index is 0.000000590. The molecule has 10 unspecified atom stereocenters. The van der Waals surface area contributed by atoms with Gasteiger partial charge in [-0.1, -0.05) is 340 Å². The molecule has 0 saturated heterocycles. The summed E-state index contributed by atoms with van der Waals surface area (Å²) in [6, 6.07) is 111. The van der Waals surface area contributed by atoms with E-state index in [1.807, 2.05) is 66.6 Å². The van der Waals surface area contributed by atoms with Crippen LogP contribution < -0.4 is 44.1 Å². The summed E-state index contributed by atoms with van der Waals surface area (Å²) in [7, 11) is 43.8. The average molecular weight is 2170 g/mol. The van der Waals surface area contributed by atoms with Crippen molar-refractivity contribution in [2.24, 2.45) is 0 Å². The molecule has 1 aliphatic carbocycles. The van der Waals surface area contributed by atoms with Crippen LogP contribution >= 0.6 is 92.4 Å². The Kier molecular flexibility index (Phi) is 59.5. The lowest BCUT2D eigenvalue weighted by Gasteiger charge is -2.37. The molecule has 0 saturated carbocycles. The molecule has 0 amide bonds. The third-order valence-corrected chi connectivity index (χ3v) is 27.4. The van der Waals surface area contributed by atoms with Gasteiger partial charge in [-0.25, -0.2) is 0 Å². The zero-order chi connectivity index (χ0) is 100. The minimum Gasteiger partial charge on any atom is -0.344 e. The number of para-hydroxylation sites is 9. The standard InChI is InChI=1S/4C22H20N2.C22H19N.10CH5P.9CH4/c1-23-19-9-5-4-8-16(19)14-18-21(23)12-11-17-13-15-7-3-6-10-20(15)24(2)22(17)18;1-23-19-9-5-3-7-15(19)11-17-14-22-18(13-21(17)23)12-16-8-4-6-10-20(16)24(22)2;1-23-19-9-5-3-7-15(19)11-17-13-18-12-16-8-4-6-10-20(16)24(2)22(18)14-21(17)23;1-23-19-9-5-3-7-15(19)13-17-18-14-16-8-4-6-10-20(16)24(2)22(18)12-11-21(17)23;1-23-21-9-5-4-8-17(21)12-20-13-18-10-15-6-2-3-7-16(15)11-19(18)14-22(20)23;10*1-2;;;;;;;;;/h3-12H,13-14H2,1-2H3;2*3-10,13-14H,11-12H2,1-2H3;3-12H,13-14H2,1-2H3;2-9,13-14H,10-12H2,1H3;10*2H2,1H3;9*1H4. The number of nitrogens with zero attached hydrogens (tertiary/aromatic N) is 9. The third kappa shape index (κ3) is 28.3. The van der Waals surface area contributed by atoms with E-state index < -0.39 is 0 Å². The van der Waals surface area contributed by atoms with E-state index >= 15 is 0 Å². The lowest BCUT2D eigenvalue weighted by atomic mass is 9.83. The molecule has 0 bridgehead atoms. The quantitative estimate of drug-likeness (QED) is 0.138. The Bertz CT molecular complexity index is 6340. The van der Waals surface area contributed by atoms with E-state index in [0.29, 0.717) is 0 Å². The van der Waals surface area contributed by atoms with E-state index in [1.165, 1.54) is 225 Å². The predicted molar refractivity (Wildman–Crippen MR) is 717 cm³/mol. The minimum atomic E-state index is 0. The molecular weight excluding hydrogens is 1990 g/mol. The summed E-state index contributed by atoms with van der Waals surface area (Å²) in [4.78, 5) is 21.1. The van der Waals surface area contributed by atoms with Crippen LogP contribution in [0.4, 0.5) is 102 Å². The molecule has 0 fully saturated rings. The maximum Gasteiger partial charge on any atom is 0.0501 e. The number of fused-ring (bicyclic) bond motifs is 22. The minimum absolute atomic E-state index is 0. The smallest absolute Gasteiger partial charge is 0.0501 e. The number of anilines is 18. The Morgan fingerprint density at radius 1 is 0.122 bits per heavy atom. The second kappa shape index (κ2) is 65.3. The van der Waals surface area contributed by atoms with Gasteiger partial charge in [0.2, 0.25) is 0 Å². The molecule has 15 aromatic carbocycles. The Morgan fingerprint density at radius 2 is 0.277 bits per heavy atom. The highest BCUT2D eigenvalue weighted by Gasteiger charge is 2.34. The first-order valence-corrected chi connectivity index (χ1v) is 59.7. The first-order chi connectivity index (χ1) is 68.2. The van der Waals surface area contributed by atoms with Crippen molar-refractivity contribution in [1.82, 2.24) is 0 Å². The van der Waals surface area contributed by atoms with Gasteiger partial charge in [-0.2, -0.15) is 0 Å². The molecule has 19 heteroatoms. The molecule has 9 nitrogen and oxygen atoms in total. The first kappa shape index (κ1) is 135. The topological polar surface area (TPSA) is 29.2 Å². The van der Waals surface area contributed by atoms with Crippen LogP contribution in [0.2, 0.25) is 0 Å². The lowest BCUT2D eigenvalue weighted by Crippen LogP contribution is -2.25. The molecule has 0 radical (unpaired) electrons. The van der Waals surface area contributed by atoms with Crippen LogP contribution in [0.25, 0.3) is 0 Å².